The smallest absolute Gasteiger partial charge is 0.298 e. The molecule has 0 aliphatic heterocycles. The molecule has 0 saturated carbocycles. The Bertz CT molecular complexity index is 360. The van der Waals surface area contributed by atoms with Crippen molar-refractivity contribution in [1.82, 2.24) is 0 Å². The second-order valence-electron chi connectivity index (χ2n) is 2.80. The van der Waals surface area contributed by atoms with Crippen molar-refractivity contribution < 1.29 is 9.53 Å². The van der Waals surface area contributed by atoms with Crippen molar-refractivity contribution in [3.8, 4) is 11.8 Å². The van der Waals surface area contributed by atoms with Crippen LogP contribution >= 0.6 is 11.8 Å². The molecule has 0 aromatic heterocycles. The fraction of sp³-hybridized carbons (Fsp3) is 0.273. The molecule has 0 spiro atoms. The van der Waals surface area contributed by atoms with E-state index < -0.39 is 0 Å². The number of rotatable bonds is 6. The maximum atomic E-state index is 10.1. The summed E-state index contributed by atoms with van der Waals surface area (Å²) in [6.07, 6.45) is 1.46. The molecule has 78 valence electrons. The molecule has 3 nitrogen and oxygen atoms in total. The van der Waals surface area contributed by atoms with E-state index in [-0.39, 0.29) is 0 Å². The van der Waals surface area contributed by atoms with Gasteiger partial charge < -0.3 is 4.74 Å². The lowest BCUT2D eigenvalue weighted by Crippen LogP contribution is -1.88. The highest BCUT2D eigenvalue weighted by molar-refractivity contribution is 7.99. The summed E-state index contributed by atoms with van der Waals surface area (Å²) in [7, 11) is 0. The zero-order chi connectivity index (χ0) is 10.9. The van der Waals surface area contributed by atoms with Crippen molar-refractivity contribution >= 4 is 18.2 Å². The molecular weight excluding hydrogens is 210 g/mol. The number of thioether (sulfide) groups is 1. The van der Waals surface area contributed by atoms with Crippen molar-refractivity contribution in [3.05, 3.63) is 24.3 Å². The summed E-state index contributed by atoms with van der Waals surface area (Å²) in [5.74, 6) is 1.45. The third-order valence-corrected chi connectivity index (χ3v) is 2.77. The monoisotopic (exact) mass is 221 g/mol. The van der Waals surface area contributed by atoms with Crippen LogP contribution in [0.4, 0.5) is 0 Å². The van der Waals surface area contributed by atoms with Crippen LogP contribution in [0.15, 0.2) is 29.2 Å². The minimum atomic E-state index is 0.416. The van der Waals surface area contributed by atoms with Gasteiger partial charge in [0.1, 0.15) is 5.75 Å². The van der Waals surface area contributed by atoms with Crippen molar-refractivity contribution in [2.45, 2.75) is 17.7 Å². The first kappa shape index (κ1) is 11.6. The summed E-state index contributed by atoms with van der Waals surface area (Å²) < 4.78 is 4.73. The fourth-order valence-electron chi connectivity index (χ4n) is 1.03. The average molecular weight is 221 g/mol. The number of nitriles is 1. The maximum Gasteiger partial charge on any atom is 0.298 e. The van der Waals surface area contributed by atoms with Gasteiger partial charge in [0, 0.05) is 11.3 Å². The van der Waals surface area contributed by atoms with Crippen LogP contribution in [-0.4, -0.2) is 12.2 Å². The van der Waals surface area contributed by atoms with E-state index in [9.17, 15) is 4.79 Å². The number of nitrogens with zero attached hydrogens (tertiary/aromatic N) is 1. The highest BCUT2D eigenvalue weighted by Gasteiger charge is 1.97. The van der Waals surface area contributed by atoms with Gasteiger partial charge in [-0.05, 0) is 30.4 Å². The highest BCUT2D eigenvalue weighted by atomic mass is 32.2. The first-order chi connectivity index (χ1) is 7.36. The summed E-state index contributed by atoms with van der Waals surface area (Å²) in [5, 5.41) is 8.36. The van der Waals surface area contributed by atoms with E-state index in [4.69, 9.17) is 10.00 Å². The SMILES string of the molecule is N#CCCCSc1cccc(OC=O)c1. The number of carbonyl (C=O) groups is 1. The van der Waals surface area contributed by atoms with Crippen LogP contribution < -0.4 is 4.74 Å². The lowest BCUT2D eigenvalue weighted by atomic mass is 10.3. The Morgan fingerprint density at radius 1 is 1.53 bits per heavy atom. The second-order valence-corrected chi connectivity index (χ2v) is 3.97. The number of hydrogen-bond donors (Lipinski definition) is 0. The molecule has 0 radical (unpaired) electrons. The molecule has 1 aromatic carbocycles. The average Bonchev–Trinajstić information content (AvgIpc) is 2.26. The van der Waals surface area contributed by atoms with Gasteiger partial charge in [-0.25, -0.2) is 0 Å². The van der Waals surface area contributed by atoms with Gasteiger partial charge in [-0.2, -0.15) is 5.26 Å². The van der Waals surface area contributed by atoms with Gasteiger partial charge in [0.25, 0.3) is 6.47 Å². The summed E-state index contributed by atoms with van der Waals surface area (Å²) in [6, 6.07) is 9.43. The predicted molar refractivity (Wildman–Crippen MR) is 58.7 cm³/mol. The van der Waals surface area contributed by atoms with E-state index in [1.54, 1.807) is 17.8 Å². The van der Waals surface area contributed by atoms with Crippen LogP contribution in [0.2, 0.25) is 0 Å². The van der Waals surface area contributed by atoms with Gasteiger partial charge in [0.15, 0.2) is 0 Å². The predicted octanol–water partition coefficient (Wildman–Crippen LogP) is 2.62. The highest BCUT2D eigenvalue weighted by Crippen LogP contribution is 2.23. The molecule has 0 fully saturated rings. The number of unbranched alkanes of at least 4 members (excludes halogenated alkanes) is 1. The third kappa shape index (κ3) is 4.52. The van der Waals surface area contributed by atoms with E-state index in [0.717, 1.165) is 17.1 Å². The molecule has 0 aliphatic rings. The Morgan fingerprint density at radius 3 is 3.13 bits per heavy atom. The van der Waals surface area contributed by atoms with Crippen molar-refractivity contribution in [2.75, 3.05) is 5.75 Å². The van der Waals surface area contributed by atoms with Gasteiger partial charge in [-0.15, -0.1) is 11.8 Å². The lowest BCUT2D eigenvalue weighted by molar-refractivity contribution is -0.120. The van der Waals surface area contributed by atoms with Crippen molar-refractivity contribution in [2.24, 2.45) is 0 Å². The Hall–Kier alpha value is -1.47. The van der Waals surface area contributed by atoms with Crippen LogP contribution in [0.25, 0.3) is 0 Å². The molecule has 0 saturated heterocycles. The second kappa shape index (κ2) is 6.91. The summed E-state index contributed by atoms with van der Waals surface area (Å²) >= 11 is 1.65. The van der Waals surface area contributed by atoms with E-state index in [2.05, 4.69) is 6.07 Å². The Kier molecular flexibility index (Phi) is 5.34. The molecular formula is C11H11NO2S. The van der Waals surface area contributed by atoms with Gasteiger partial charge in [0.2, 0.25) is 0 Å². The first-order valence-electron chi connectivity index (χ1n) is 4.57. The molecule has 15 heavy (non-hydrogen) atoms. The van der Waals surface area contributed by atoms with Crippen molar-refractivity contribution in [1.29, 1.82) is 5.26 Å². The van der Waals surface area contributed by atoms with Crippen LogP contribution in [0.5, 0.6) is 5.75 Å². The quantitative estimate of drug-likeness (QED) is 0.421. The molecule has 0 heterocycles. The van der Waals surface area contributed by atoms with E-state index >= 15 is 0 Å². The van der Waals surface area contributed by atoms with E-state index in [1.807, 2.05) is 18.2 Å². The maximum absolute atomic E-state index is 10.1. The minimum Gasteiger partial charge on any atom is -0.429 e. The number of ether oxygens (including phenoxy) is 1. The van der Waals surface area contributed by atoms with Crippen LogP contribution in [0.1, 0.15) is 12.8 Å². The summed E-state index contributed by atoms with van der Waals surface area (Å²) in [5.41, 5.74) is 0. The molecule has 0 N–H and O–H groups in total. The third-order valence-electron chi connectivity index (χ3n) is 1.69. The van der Waals surface area contributed by atoms with Gasteiger partial charge >= 0.3 is 0 Å². The molecule has 1 aromatic rings. The number of carbonyl (C=O) groups excluding carboxylic acids is 1. The van der Waals surface area contributed by atoms with E-state index in [0.29, 0.717) is 18.6 Å². The van der Waals surface area contributed by atoms with Crippen LogP contribution in [0, 0.1) is 11.3 Å². The summed E-state index contributed by atoms with van der Waals surface area (Å²) in [4.78, 5) is 11.2. The van der Waals surface area contributed by atoms with Gasteiger partial charge in [0.05, 0.1) is 6.07 Å². The van der Waals surface area contributed by atoms with Crippen molar-refractivity contribution in [3.63, 3.8) is 0 Å². The van der Waals surface area contributed by atoms with Gasteiger partial charge in [-0.1, -0.05) is 6.07 Å². The Balaban J connectivity index is 2.43. The van der Waals surface area contributed by atoms with E-state index in [1.165, 1.54) is 0 Å². The molecule has 0 aliphatic carbocycles. The zero-order valence-electron chi connectivity index (χ0n) is 8.18. The molecule has 1 rings (SSSR count). The normalized spacial score (nSPS) is 9.27. The Morgan fingerprint density at radius 2 is 2.40 bits per heavy atom. The summed E-state index contributed by atoms with van der Waals surface area (Å²) in [6.45, 7) is 0.416. The Labute approximate surface area is 93.0 Å². The molecule has 0 amide bonds. The zero-order valence-corrected chi connectivity index (χ0v) is 9.00. The molecule has 4 heteroatoms. The van der Waals surface area contributed by atoms with Crippen LogP contribution in [0.3, 0.4) is 0 Å². The van der Waals surface area contributed by atoms with Gasteiger partial charge in [-0.3, -0.25) is 4.79 Å². The molecule has 0 bridgehead atoms. The number of hydrogen-bond acceptors (Lipinski definition) is 4. The fourth-order valence-corrected chi connectivity index (χ4v) is 1.93. The largest absolute Gasteiger partial charge is 0.429 e. The standard InChI is InChI=1S/C11H11NO2S/c12-6-1-2-7-15-11-5-3-4-10(8-11)14-9-13/h3-5,8-9H,1-2,7H2. The number of benzene rings is 1. The lowest BCUT2D eigenvalue weighted by Gasteiger charge is -2.02. The minimum absolute atomic E-state index is 0.416. The molecule has 0 unspecified atom stereocenters. The topological polar surface area (TPSA) is 50.1 Å². The van der Waals surface area contributed by atoms with Crippen LogP contribution in [-0.2, 0) is 4.79 Å². The first-order valence-corrected chi connectivity index (χ1v) is 5.55. The molecule has 0 atom stereocenters.